The van der Waals surface area contributed by atoms with Gasteiger partial charge in [0.05, 0.1) is 13.1 Å². The summed E-state index contributed by atoms with van der Waals surface area (Å²) in [6.45, 7) is 2.16. The molecule has 2 aromatic heterocycles. The van der Waals surface area contributed by atoms with Crippen molar-refractivity contribution in [2.24, 2.45) is 0 Å². The van der Waals surface area contributed by atoms with Crippen LogP contribution in [0.25, 0.3) is 0 Å². The maximum absolute atomic E-state index is 12.6. The van der Waals surface area contributed by atoms with Crippen LogP contribution in [-0.4, -0.2) is 68.7 Å². The molecule has 0 saturated carbocycles. The molecule has 3 heterocycles. The molecule has 0 saturated heterocycles. The van der Waals surface area contributed by atoms with Crippen LogP contribution in [0.3, 0.4) is 0 Å². The van der Waals surface area contributed by atoms with E-state index in [0.717, 1.165) is 12.2 Å². The van der Waals surface area contributed by atoms with Gasteiger partial charge in [-0.3, -0.25) is 14.5 Å². The highest BCUT2D eigenvalue weighted by Gasteiger charge is 2.30. The van der Waals surface area contributed by atoms with Gasteiger partial charge in [0.2, 0.25) is 0 Å². The Morgan fingerprint density at radius 1 is 1.32 bits per heavy atom. The number of rotatable bonds is 5. The largest absolute Gasteiger partial charge is 0.476 e. The minimum Gasteiger partial charge on any atom is -0.476 e. The number of carbonyl (C=O) groups is 2. The molecule has 132 valence electrons. The Bertz CT molecular complexity index is 785. The third kappa shape index (κ3) is 3.53. The number of carboxylic acids is 1. The smallest absolute Gasteiger partial charge is 0.356 e. The first-order chi connectivity index (χ1) is 12.0. The molecule has 0 aliphatic carbocycles. The zero-order valence-corrected chi connectivity index (χ0v) is 14.3. The van der Waals surface area contributed by atoms with Crippen LogP contribution in [0.1, 0.15) is 32.2 Å². The molecular formula is C17H21N5O3. The summed E-state index contributed by atoms with van der Waals surface area (Å²) in [4.78, 5) is 31.9. The second kappa shape index (κ2) is 7.02. The molecule has 1 aliphatic heterocycles. The standard InChI is InChI=1S/C17H21N5O3/c1-20(2)9-10-22-14-6-8-21(11-12(14)15(19-22)17(24)25)16(23)13-5-3-4-7-18-13/h3-5,7H,6,8-11H2,1-2H3,(H,24,25). The van der Waals surface area contributed by atoms with Crippen LogP contribution in [0.2, 0.25) is 0 Å². The maximum Gasteiger partial charge on any atom is 0.356 e. The molecule has 0 aromatic carbocycles. The van der Waals surface area contributed by atoms with E-state index >= 15 is 0 Å². The minimum absolute atomic E-state index is 0.0345. The van der Waals surface area contributed by atoms with E-state index in [-0.39, 0.29) is 18.1 Å². The van der Waals surface area contributed by atoms with Gasteiger partial charge in [-0.25, -0.2) is 4.79 Å². The number of likely N-dealkylation sites (N-methyl/N-ethyl adjacent to an activating group) is 1. The van der Waals surface area contributed by atoms with E-state index in [0.29, 0.717) is 30.8 Å². The molecule has 2 aromatic rings. The molecular weight excluding hydrogens is 322 g/mol. The molecule has 0 fully saturated rings. The second-order valence-electron chi connectivity index (χ2n) is 6.30. The van der Waals surface area contributed by atoms with Gasteiger partial charge >= 0.3 is 5.97 Å². The van der Waals surface area contributed by atoms with E-state index in [1.807, 2.05) is 19.0 Å². The Kier molecular flexibility index (Phi) is 4.80. The first-order valence-corrected chi connectivity index (χ1v) is 8.14. The number of aromatic nitrogens is 3. The van der Waals surface area contributed by atoms with Gasteiger partial charge in [-0.15, -0.1) is 0 Å². The number of hydrogen-bond acceptors (Lipinski definition) is 5. The Labute approximate surface area is 145 Å². The number of nitrogens with zero attached hydrogens (tertiary/aromatic N) is 5. The first-order valence-electron chi connectivity index (χ1n) is 8.14. The van der Waals surface area contributed by atoms with Gasteiger partial charge in [-0.2, -0.15) is 5.10 Å². The third-order valence-corrected chi connectivity index (χ3v) is 4.27. The summed E-state index contributed by atoms with van der Waals surface area (Å²) in [5.74, 6) is -1.25. The molecule has 8 heteroatoms. The molecule has 0 unspecified atom stereocenters. The van der Waals surface area contributed by atoms with Crippen LogP contribution in [-0.2, 0) is 19.5 Å². The van der Waals surface area contributed by atoms with Gasteiger partial charge in [-0.05, 0) is 26.2 Å². The van der Waals surface area contributed by atoms with Crippen molar-refractivity contribution >= 4 is 11.9 Å². The fraction of sp³-hybridized carbons (Fsp3) is 0.412. The molecule has 0 bridgehead atoms. The summed E-state index contributed by atoms with van der Waals surface area (Å²) in [5.41, 5.74) is 1.93. The van der Waals surface area contributed by atoms with Gasteiger partial charge in [0.15, 0.2) is 5.69 Å². The highest BCUT2D eigenvalue weighted by atomic mass is 16.4. The van der Waals surface area contributed by atoms with Crippen LogP contribution in [0.4, 0.5) is 0 Å². The van der Waals surface area contributed by atoms with Crippen LogP contribution >= 0.6 is 0 Å². The quantitative estimate of drug-likeness (QED) is 0.861. The fourth-order valence-corrected chi connectivity index (χ4v) is 2.97. The highest BCUT2D eigenvalue weighted by molar-refractivity contribution is 5.93. The number of carbonyl (C=O) groups excluding carboxylic acids is 1. The summed E-state index contributed by atoms with van der Waals surface area (Å²) in [6.07, 6.45) is 2.16. The third-order valence-electron chi connectivity index (χ3n) is 4.27. The number of fused-ring (bicyclic) bond motifs is 1. The average Bonchev–Trinajstić information content (AvgIpc) is 2.98. The van der Waals surface area contributed by atoms with Gasteiger partial charge in [0.25, 0.3) is 5.91 Å². The number of pyridine rings is 1. The van der Waals surface area contributed by atoms with E-state index in [2.05, 4.69) is 10.1 Å². The van der Waals surface area contributed by atoms with Crippen molar-refractivity contribution in [3.8, 4) is 0 Å². The number of hydrogen-bond donors (Lipinski definition) is 1. The van der Waals surface area contributed by atoms with Crippen LogP contribution in [0, 0.1) is 0 Å². The van der Waals surface area contributed by atoms with E-state index in [4.69, 9.17) is 0 Å². The molecule has 0 atom stereocenters. The summed E-state index contributed by atoms with van der Waals surface area (Å²) in [5, 5.41) is 13.7. The topological polar surface area (TPSA) is 91.6 Å². The van der Waals surface area contributed by atoms with Crippen LogP contribution in [0.15, 0.2) is 24.4 Å². The van der Waals surface area contributed by atoms with Crippen LogP contribution in [0.5, 0.6) is 0 Å². The molecule has 1 amide bonds. The Morgan fingerprint density at radius 3 is 2.76 bits per heavy atom. The SMILES string of the molecule is CN(C)CCn1nc(C(=O)O)c2c1CCN(C(=O)c1ccccn1)C2. The van der Waals surface area contributed by atoms with Gasteiger partial charge in [0, 0.05) is 37.0 Å². The summed E-state index contributed by atoms with van der Waals surface area (Å²) in [7, 11) is 3.92. The van der Waals surface area contributed by atoms with E-state index < -0.39 is 5.97 Å². The number of carboxylic acid groups (broad SMARTS) is 1. The molecule has 0 spiro atoms. The normalized spacial score (nSPS) is 13.8. The van der Waals surface area contributed by atoms with Crippen molar-refractivity contribution in [2.75, 3.05) is 27.2 Å². The molecule has 0 radical (unpaired) electrons. The molecule has 3 rings (SSSR count). The van der Waals surface area contributed by atoms with E-state index in [1.54, 1.807) is 34.0 Å². The number of amides is 1. The maximum atomic E-state index is 12.6. The van der Waals surface area contributed by atoms with Crippen molar-refractivity contribution in [1.29, 1.82) is 0 Å². The van der Waals surface area contributed by atoms with Gasteiger partial charge < -0.3 is 14.9 Å². The van der Waals surface area contributed by atoms with Crippen molar-refractivity contribution in [3.63, 3.8) is 0 Å². The van der Waals surface area contributed by atoms with Crippen LogP contribution < -0.4 is 0 Å². The Hall–Kier alpha value is -2.74. The van der Waals surface area contributed by atoms with Crippen molar-refractivity contribution < 1.29 is 14.7 Å². The zero-order valence-electron chi connectivity index (χ0n) is 14.3. The summed E-state index contributed by atoms with van der Waals surface area (Å²) >= 11 is 0. The van der Waals surface area contributed by atoms with Gasteiger partial charge in [-0.1, -0.05) is 6.07 Å². The lowest BCUT2D eigenvalue weighted by Crippen LogP contribution is -2.37. The Morgan fingerprint density at radius 2 is 2.12 bits per heavy atom. The number of aromatic carboxylic acids is 1. The lowest BCUT2D eigenvalue weighted by atomic mass is 10.0. The summed E-state index contributed by atoms with van der Waals surface area (Å²) in [6, 6.07) is 5.18. The van der Waals surface area contributed by atoms with E-state index in [1.165, 1.54) is 0 Å². The average molecular weight is 343 g/mol. The van der Waals surface area contributed by atoms with Crippen molar-refractivity contribution in [3.05, 3.63) is 47.0 Å². The predicted octanol–water partition coefficient (Wildman–Crippen LogP) is 0.736. The predicted molar refractivity (Wildman–Crippen MR) is 90.4 cm³/mol. The molecule has 1 N–H and O–H groups in total. The molecule has 1 aliphatic rings. The second-order valence-corrected chi connectivity index (χ2v) is 6.30. The van der Waals surface area contributed by atoms with Crippen molar-refractivity contribution in [2.45, 2.75) is 19.5 Å². The Balaban J connectivity index is 1.86. The van der Waals surface area contributed by atoms with Crippen molar-refractivity contribution in [1.82, 2.24) is 24.6 Å². The zero-order chi connectivity index (χ0) is 18.0. The lowest BCUT2D eigenvalue weighted by Gasteiger charge is -2.27. The molecule has 8 nitrogen and oxygen atoms in total. The van der Waals surface area contributed by atoms with Gasteiger partial charge in [0.1, 0.15) is 5.69 Å². The lowest BCUT2D eigenvalue weighted by molar-refractivity contribution is 0.0673. The highest BCUT2D eigenvalue weighted by Crippen LogP contribution is 2.24. The fourth-order valence-electron chi connectivity index (χ4n) is 2.97. The summed E-state index contributed by atoms with van der Waals surface area (Å²) < 4.78 is 1.77. The minimum atomic E-state index is -1.06. The molecule has 25 heavy (non-hydrogen) atoms. The monoisotopic (exact) mass is 343 g/mol. The van der Waals surface area contributed by atoms with E-state index in [9.17, 15) is 14.7 Å². The first kappa shape index (κ1) is 17.1.